The van der Waals surface area contributed by atoms with Gasteiger partial charge in [-0.3, -0.25) is 9.59 Å². The first-order chi connectivity index (χ1) is 14.6. The molecule has 9 heteroatoms. The third-order valence-corrected chi connectivity index (χ3v) is 6.07. The number of nitrogens with zero attached hydrogens (tertiary/aromatic N) is 3. The van der Waals surface area contributed by atoms with Crippen LogP contribution in [0.3, 0.4) is 0 Å². The van der Waals surface area contributed by atoms with E-state index in [-0.39, 0.29) is 11.8 Å². The second-order valence-electron chi connectivity index (χ2n) is 6.31. The number of hydrogen-bond acceptors (Lipinski definition) is 6. The number of aromatic nitrogens is 3. The van der Waals surface area contributed by atoms with Crippen LogP contribution in [0.25, 0.3) is 0 Å². The predicted molar refractivity (Wildman–Crippen MR) is 118 cm³/mol. The van der Waals surface area contributed by atoms with Crippen LogP contribution < -0.4 is 10.6 Å². The van der Waals surface area contributed by atoms with E-state index in [1.165, 1.54) is 23.1 Å². The van der Waals surface area contributed by atoms with Crippen LogP contribution in [0.4, 0.5) is 11.4 Å². The molecule has 0 saturated carbocycles. The molecule has 0 unspecified atom stereocenters. The van der Waals surface area contributed by atoms with Gasteiger partial charge in [0.15, 0.2) is 5.16 Å². The van der Waals surface area contributed by atoms with E-state index >= 15 is 0 Å². The van der Waals surface area contributed by atoms with E-state index < -0.39 is 0 Å². The van der Waals surface area contributed by atoms with E-state index in [0.717, 1.165) is 10.1 Å². The van der Waals surface area contributed by atoms with Gasteiger partial charge in [0.2, 0.25) is 0 Å². The molecule has 2 amide bonds. The molecule has 4 rings (SSSR count). The minimum Gasteiger partial charge on any atom is -0.322 e. The highest BCUT2D eigenvalue weighted by molar-refractivity contribution is 7.99. The number of thiophene rings is 1. The van der Waals surface area contributed by atoms with Gasteiger partial charge in [0.25, 0.3) is 11.8 Å². The summed E-state index contributed by atoms with van der Waals surface area (Å²) in [4.78, 5) is 26.2. The third-order valence-electron chi connectivity index (χ3n) is 4.14. The number of amides is 2. The van der Waals surface area contributed by atoms with Crippen LogP contribution in [0.1, 0.15) is 20.0 Å². The lowest BCUT2D eigenvalue weighted by molar-refractivity contribution is 0.102. The fourth-order valence-electron chi connectivity index (χ4n) is 2.59. The molecule has 0 atom stereocenters. The number of hydrogen-bond donors (Lipinski definition) is 2. The lowest BCUT2D eigenvalue weighted by Crippen LogP contribution is -2.13. The van der Waals surface area contributed by atoms with Crippen LogP contribution in [-0.4, -0.2) is 26.6 Å². The molecular formula is C21H17N5O2S2. The highest BCUT2D eigenvalue weighted by Crippen LogP contribution is 2.26. The second kappa shape index (κ2) is 8.93. The second-order valence-corrected chi connectivity index (χ2v) is 8.30. The minimum absolute atomic E-state index is 0.165. The van der Waals surface area contributed by atoms with Gasteiger partial charge in [-0.15, -0.1) is 21.5 Å². The molecule has 0 radical (unpaired) electrons. The topological polar surface area (TPSA) is 88.9 Å². The molecule has 2 heterocycles. The highest BCUT2D eigenvalue weighted by atomic mass is 32.2. The Hall–Kier alpha value is -3.43. The molecule has 7 nitrogen and oxygen atoms in total. The summed E-state index contributed by atoms with van der Waals surface area (Å²) < 4.78 is 1.84. The maximum absolute atomic E-state index is 12.5. The first kappa shape index (κ1) is 19.9. The van der Waals surface area contributed by atoms with Gasteiger partial charge in [-0.2, -0.15) is 0 Å². The Balaban J connectivity index is 1.35. The van der Waals surface area contributed by atoms with Crippen molar-refractivity contribution in [2.24, 2.45) is 7.05 Å². The molecular weight excluding hydrogens is 418 g/mol. The summed E-state index contributed by atoms with van der Waals surface area (Å²) in [6.45, 7) is 0. The number of carbonyl (C=O) groups excluding carboxylic acids is 2. The normalized spacial score (nSPS) is 10.6. The van der Waals surface area contributed by atoms with E-state index in [9.17, 15) is 9.59 Å². The van der Waals surface area contributed by atoms with Crippen LogP contribution >= 0.6 is 23.1 Å². The Kier molecular flexibility index (Phi) is 5.92. The molecule has 0 fully saturated rings. The van der Waals surface area contributed by atoms with E-state index in [1.54, 1.807) is 36.7 Å². The predicted octanol–water partition coefficient (Wildman–Crippen LogP) is 4.53. The standard InChI is InChI=1S/C21H17N5O2S2/c1-26-13-22-25-21(26)30-17-10-8-16(9-11-17)23-19(27)14-4-6-15(7-5-14)24-20(28)18-3-2-12-29-18/h2-13H,1H3,(H,23,27)(H,24,28). The summed E-state index contributed by atoms with van der Waals surface area (Å²) >= 11 is 2.87. The summed E-state index contributed by atoms with van der Waals surface area (Å²) in [5.41, 5.74) is 1.83. The zero-order chi connectivity index (χ0) is 20.9. The van der Waals surface area contributed by atoms with Crippen molar-refractivity contribution >= 4 is 46.3 Å². The Labute approximate surface area is 181 Å². The maximum Gasteiger partial charge on any atom is 0.265 e. The Morgan fingerprint density at radius 3 is 2.20 bits per heavy atom. The number of anilines is 2. The average molecular weight is 436 g/mol. The van der Waals surface area contributed by atoms with E-state index in [4.69, 9.17) is 0 Å². The van der Waals surface area contributed by atoms with Crippen molar-refractivity contribution in [1.82, 2.24) is 14.8 Å². The molecule has 0 aliphatic heterocycles. The summed E-state index contributed by atoms with van der Waals surface area (Å²) in [5.74, 6) is -0.388. The molecule has 30 heavy (non-hydrogen) atoms. The van der Waals surface area contributed by atoms with Crippen LogP contribution in [0, 0.1) is 0 Å². The fourth-order valence-corrected chi connectivity index (χ4v) is 3.97. The molecule has 4 aromatic rings. The van der Waals surface area contributed by atoms with Gasteiger partial charge in [0.05, 0.1) is 4.88 Å². The maximum atomic E-state index is 12.5. The molecule has 0 aliphatic rings. The molecule has 0 bridgehead atoms. The smallest absolute Gasteiger partial charge is 0.265 e. The van der Waals surface area contributed by atoms with Crippen LogP contribution in [0.5, 0.6) is 0 Å². The van der Waals surface area contributed by atoms with Gasteiger partial charge in [0, 0.05) is 28.9 Å². The van der Waals surface area contributed by atoms with Crippen molar-refractivity contribution in [3.8, 4) is 0 Å². The lowest BCUT2D eigenvalue weighted by atomic mass is 10.2. The van der Waals surface area contributed by atoms with E-state index in [0.29, 0.717) is 21.8 Å². The summed E-state index contributed by atoms with van der Waals surface area (Å²) in [5, 5.41) is 16.2. The van der Waals surface area contributed by atoms with Gasteiger partial charge in [-0.05, 0) is 71.7 Å². The zero-order valence-corrected chi connectivity index (χ0v) is 17.5. The van der Waals surface area contributed by atoms with Crippen molar-refractivity contribution in [3.63, 3.8) is 0 Å². The van der Waals surface area contributed by atoms with Crippen molar-refractivity contribution in [2.45, 2.75) is 10.1 Å². The molecule has 2 N–H and O–H groups in total. The average Bonchev–Trinajstić information content (AvgIpc) is 3.42. The lowest BCUT2D eigenvalue weighted by Gasteiger charge is -2.08. The largest absolute Gasteiger partial charge is 0.322 e. The van der Waals surface area contributed by atoms with Gasteiger partial charge in [-0.25, -0.2) is 0 Å². The van der Waals surface area contributed by atoms with Gasteiger partial charge < -0.3 is 15.2 Å². The summed E-state index contributed by atoms with van der Waals surface area (Å²) in [6.07, 6.45) is 1.65. The zero-order valence-electron chi connectivity index (χ0n) is 15.9. The molecule has 150 valence electrons. The fraction of sp³-hybridized carbons (Fsp3) is 0.0476. The number of benzene rings is 2. The molecule has 0 saturated heterocycles. The summed E-state index contributed by atoms with van der Waals surface area (Å²) in [7, 11) is 1.88. The van der Waals surface area contributed by atoms with E-state index in [2.05, 4.69) is 20.8 Å². The Bertz CT molecular complexity index is 1150. The quantitative estimate of drug-likeness (QED) is 0.464. The van der Waals surface area contributed by atoms with Crippen molar-refractivity contribution in [1.29, 1.82) is 0 Å². The highest BCUT2D eigenvalue weighted by Gasteiger charge is 2.10. The van der Waals surface area contributed by atoms with Gasteiger partial charge in [0.1, 0.15) is 6.33 Å². The molecule has 0 aliphatic carbocycles. The van der Waals surface area contributed by atoms with Crippen molar-refractivity contribution in [2.75, 3.05) is 10.6 Å². The number of carbonyl (C=O) groups is 2. The number of rotatable bonds is 6. The first-order valence-electron chi connectivity index (χ1n) is 8.97. The van der Waals surface area contributed by atoms with Crippen LogP contribution in [0.15, 0.2) is 82.4 Å². The van der Waals surface area contributed by atoms with Crippen LogP contribution in [0.2, 0.25) is 0 Å². The molecule has 2 aromatic carbocycles. The van der Waals surface area contributed by atoms with E-state index in [1.807, 2.05) is 47.3 Å². The number of aryl methyl sites for hydroxylation is 1. The van der Waals surface area contributed by atoms with Gasteiger partial charge in [-0.1, -0.05) is 6.07 Å². The molecule has 0 spiro atoms. The third kappa shape index (κ3) is 4.76. The van der Waals surface area contributed by atoms with Crippen molar-refractivity contribution in [3.05, 3.63) is 82.8 Å². The Morgan fingerprint density at radius 1 is 0.933 bits per heavy atom. The minimum atomic E-state index is -0.222. The Morgan fingerprint density at radius 2 is 1.60 bits per heavy atom. The van der Waals surface area contributed by atoms with Crippen LogP contribution in [-0.2, 0) is 7.05 Å². The van der Waals surface area contributed by atoms with Gasteiger partial charge >= 0.3 is 0 Å². The molecule has 2 aromatic heterocycles. The summed E-state index contributed by atoms with van der Waals surface area (Å²) in [6, 6.07) is 17.9. The van der Waals surface area contributed by atoms with Crippen molar-refractivity contribution < 1.29 is 9.59 Å². The first-order valence-corrected chi connectivity index (χ1v) is 10.7. The monoisotopic (exact) mass is 435 g/mol. The SMILES string of the molecule is Cn1cnnc1Sc1ccc(NC(=O)c2ccc(NC(=O)c3cccs3)cc2)cc1. The number of nitrogens with one attached hydrogen (secondary N) is 2.